The van der Waals surface area contributed by atoms with Crippen molar-refractivity contribution in [3.8, 4) is 44.5 Å². The van der Waals surface area contributed by atoms with Gasteiger partial charge in [0.15, 0.2) is 0 Å². The van der Waals surface area contributed by atoms with Gasteiger partial charge >= 0.3 is 0 Å². The molecule has 0 amide bonds. The summed E-state index contributed by atoms with van der Waals surface area (Å²) in [4.78, 5) is 2.40. The zero-order chi connectivity index (χ0) is 36.5. The molecular weight excluding hydrogens is 639 g/mol. The molecule has 0 radical (unpaired) electrons. The maximum Gasteiger partial charge on any atom is 0.0468 e. The van der Waals surface area contributed by atoms with Gasteiger partial charge in [0.05, 0.1) is 0 Å². The first kappa shape index (κ1) is 33.0. The van der Waals surface area contributed by atoms with Gasteiger partial charge in [-0.05, 0) is 155 Å². The summed E-state index contributed by atoms with van der Waals surface area (Å²) in [5.41, 5.74) is 16.6. The second-order valence-corrected chi connectivity index (χ2v) is 16.8. The number of hydrogen-bond acceptors (Lipinski definition) is 1. The lowest BCUT2D eigenvalue weighted by atomic mass is 9.77. The third-order valence-corrected chi connectivity index (χ3v) is 11.1. The van der Waals surface area contributed by atoms with Gasteiger partial charge in [-0.3, -0.25) is 0 Å². The number of fused-ring (bicyclic) bond motifs is 6. The molecular formula is C52H45N. The van der Waals surface area contributed by atoms with Crippen molar-refractivity contribution < 1.29 is 0 Å². The largest absolute Gasteiger partial charge is 0.310 e. The van der Waals surface area contributed by atoms with Crippen molar-refractivity contribution in [2.75, 3.05) is 4.90 Å². The second kappa shape index (κ2) is 12.3. The molecule has 0 bridgehead atoms. The number of nitrogens with zero attached hydrogens (tertiary/aromatic N) is 1. The lowest BCUT2D eigenvalue weighted by Gasteiger charge is -2.29. The van der Waals surface area contributed by atoms with E-state index in [1.807, 2.05) is 0 Å². The van der Waals surface area contributed by atoms with Crippen molar-refractivity contribution >= 4 is 38.6 Å². The van der Waals surface area contributed by atoms with Gasteiger partial charge in [-0.25, -0.2) is 0 Å². The van der Waals surface area contributed by atoms with Gasteiger partial charge < -0.3 is 4.90 Å². The molecule has 0 spiro atoms. The van der Waals surface area contributed by atoms with E-state index in [9.17, 15) is 0 Å². The van der Waals surface area contributed by atoms with Crippen LogP contribution in [0.3, 0.4) is 0 Å². The highest BCUT2D eigenvalue weighted by Crippen LogP contribution is 2.51. The minimum atomic E-state index is 0.0430. The Morgan fingerprint density at radius 2 is 0.774 bits per heavy atom. The van der Waals surface area contributed by atoms with E-state index in [0.717, 1.165) is 17.1 Å². The van der Waals surface area contributed by atoms with E-state index < -0.39 is 0 Å². The van der Waals surface area contributed by atoms with Crippen LogP contribution in [0, 0.1) is 0 Å². The summed E-state index contributed by atoms with van der Waals surface area (Å²) in [6, 6.07) is 61.1. The highest BCUT2D eigenvalue weighted by Gasteiger charge is 2.25. The van der Waals surface area contributed by atoms with Gasteiger partial charge in [-0.15, -0.1) is 0 Å². The van der Waals surface area contributed by atoms with Crippen LogP contribution in [0.5, 0.6) is 0 Å². The fourth-order valence-electron chi connectivity index (χ4n) is 7.89. The van der Waals surface area contributed by atoms with Gasteiger partial charge in [0.1, 0.15) is 0 Å². The average Bonchev–Trinajstić information content (AvgIpc) is 3.16. The van der Waals surface area contributed by atoms with Gasteiger partial charge in [0, 0.05) is 17.1 Å². The van der Waals surface area contributed by atoms with Crippen molar-refractivity contribution in [3.05, 3.63) is 175 Å². The lowest BCUT2D eigenvalue weighted by molar-refractivity contribution is 0.590. The predicted molar refractivity (Wildman–Crippen MR) is 229 cm³/mol. The Kier molecular flexibility index (Phi) is 7.68. The summed E-state index contributed by atoms with van der Waals surface area (Å²) in [5.74, 6) is 0. The fourth-order valence-corrected chi connectivity index (χ4v) is 7.89. The smallest absolute Gasteiger partial charge is 0.0468 e. The molecule has 0 saturated carbocycles. The highest BCUT2D eigenvalue weighted by atomic mass is 15.1. The Labute approximate surface area is 314 Å². The quantitative estimate of drug-likeness (QED) is 0.175. The first-order chi connectivity index (χ1) is 25.5. The summed E-state index contributed by atoms with van der Waals surface area (Å²) >= 11 is 0. The SMILES string of the molecule is CC(C)(C)c1ccc(-c2ccc3cc4c(cc3c2)-c2cc3ccc(N(c5ccc(-c6ccccc6)cc5)c5cccc(C(C)(C)C)c5)cc3cc2-4)cc1. The molecule has 9 rings (SSSR count). The van der Waals surface area contributed by atoms with Crippen molar-refractivity contribution in [1.29, 1.82) is 0 Å². The van der Waals surface area contributed by atoms with Crippen LogP contribution in [0.25, 0.3) is 66.1 Å². The van der Waals surface area contributed by atoms with Crippen LogP contribution in [0.2, 0.25) is 0 Å². The molecule has 8 aromatic rings. The van der Waals surface area contributed by atoms with Gasteiger partial charge in [-0.2, -0.15) is 0 Å². The van der Waals surface area contributed by atoms with Crippen LogP contribution >= 0.6 is 0 Å². The van der Waals surface area contributed by atoms with E-state index in [1.54, 1.807) is 0 Å². The molecule has 0 fully saturated rings. The maximum absolute atomic E-state index is 2.40. The summed E-state index contributed by atoms with van der Waals surface area (Å²) in [5, 5.41) is 5.07. The van der Waals surface area contributed by atoms with Crippen LogP contribution in [0.1, 0.15) is 52.7 Å². The molecule has 0 aromatic heterocycles. The molecule has 1 aliphatic carbocycles. The Bertz CT molecular complexity index is 2650. The van der Waals surface area contributed by atoms with Gasteiger partial charge in [-0.1, -0.05) is 139 Å². The molecule has 0 N–H and O–H groups in total. The Hall–Kier alpha value is -5.92. The Balaban J connectivity index is 1.09. The first-order valence-electron chi connectivity index (χ1n) is 18.8. The molecule has 258 valence electrons. The summed E-state index contributed by atoms with van der Waals surface area (Å²) in [6.07, 6.45) is 0. The fraction of sp³-hybridized carbons (Fsp3) is 0.154. The minimum Gasteiger partial charge on any atom is -0.310 e. The summed E-state index contributed by atoms with van der Waals surface area (Å²) in [6.45, 7) is 13.6. The molecule has 0 heterocycles. The monoisotopic (exact) mass is 683 g/mol. The molecule has 53 heavy (non-hydrogen) atoms. The average molecular weight is 684 g/mol. The van der Waals surface area contributed by atoms with Gasteiger partial charge in [0.25, 0.3) is 0 Å². The van der Waals surface area contributed by atoms with E-state index in [-0.39, 0.29) is 10.8 Å². The Morgan fingerprint density at radius 1 is 0.302 bits per heavy atom. The van der Waals surface area contributed by atoms with Gasteiger partial charge in [0.2, 0.25) is 0 Å². The minimum absolute atomic E-state index is 0.0430. The molecule has 8 aromatic carbocycles. The van der Waals surface area contributed by atoms with E-state index in [2.05, 4.69) is 210 Å². The summed E-state index contributed by atoms with van der Waals surface area (Å²) in [7, 11) is 0. The first-order valence-corrected chi connectivity index (χ1v) is 18.8. The second-order valence-electron chi connectivity index (χ2n) is 16.8. The van der Waals surface area contributed by atoms with E-state index in [4.69, 9.17) is 0 Å². The predicted octanol–water partition coefficient (Wildman–Crippen LogP) is 15.0. The van der Waals surface area contributed by atoms with Crippen molar-refractivity contribution in [2.45, 2.75) is 52.4 Å². The van der Waals surface area contributed by atoms with Crippen LogP contribution in [-0.4, -0.2) is 0 Å². The molecule has 1 heteroatoms. The number of anilines is 3. The maximum atomic E-state index is 2.40. The normalized spacial score (nSPS) is 12.3. The third kappa shape index (κ3) is 6.01. The van der Waals surface area contributed by atoms with E-state index in [1.165, 1.54) is 77.2 Å². The van der Waals surface area contributed by atoms with E-state index >= 15 is 0 Å². The summed E-state index contributed by atoms with van der Waals surface area (Å²) < 4.78 is 0. The standard InChI is InChI=1S/C52H45N/c1-51(2,3)42-22-17-36(18-23-42)37-15-16-38-29-47-49(31-40(38)27-37)48-30-39-21-26-46(28-41(39)32-50(47)48)53(45-14-10-13-43(33-45)52(4,5)6)44-24-19-35(20-25-44)34-11-8-7-9-12-34/h7-33H,1-6H3. The number of rotatable bonds is 5. The molecule has 1 nitrogen and oxygen atoms in total. The van der Waals surface area contributed by atoms with Crippen LogP contribution < -0.4 is 4.90 Å². The molecule has 0 unspecified atom stereocenters. The van der Waals surface area contributed by atoms with Crippen LogP contribution in [0.15, 0.2) is 164 Å². The van der Waals surface area contributed by atoms with Crippen LogP contribution in [-0.2, 0) is 10.8 Å². The molecule has 0 aliphatic heterocycles. The number of hydrogen-bond donors (Lipinski definition) is 0. The Morgan fingerprint density at radius 3 is 1.40 bits per heavy atom. The topological polar surface area (TPSA) is 3.24 Å². The van der Waals surface area contributed by atoms with Crippen molar-refractivity contribution in [2.24, 2.45) is 0 Å². The zero-order valence-electron chi connectivity index (χ0n) is 31.5. The van der Waals surface area contributed by atoms with Crippen molar-refractivity contribution in [3.63, 3.8) is 0 Å². The molecule has 1 aliphatic rings. The lowest BCUT2D eigenvalue weighted by Crippen LogP contribution is -2.14. The zero-order valence-corrected chi connectivity index (χ0v) is 31.5. The molecule has 0 atom stereocenters. The van der Waals surface area contributed by atoms with Crippen molar-refractivity contribution in [1.82, 2.24) is 0 Å². The number of benzene rings is 8. The van der Waals surface area contributed by atoms with E-state index in [0.29, 0.717) is 0 Å². The third-order valence-electron chi connectivity index (χ3n) is 11.1. The van der Waals surface area contributed by atoms with Crippen LogP contribution in [0.4, 0.5) is 17.1 Å². The molecule has 0 saturated heterocycles. The highest BCUT2D eigenvalue weighted by molar-refractivity contribution is 6.12.